The zero-order valence-electron chi connectivity index (χ0n) is 28.1. The van der Waals surface area contributed by atoms with Gasteiger partial charge in [0.15, 0.2) is 5.42 Å². The third-order valence-corrected chi connectivity index (χ3v) is 10.9. The van der Waals surface area contributed by atoms with E-state index in [-0.39, 0.29) is 0 Å². The predicted octanol–water partition coefficient (Wildman–Crippen LogP) is 10.7. The number of allylic oxidation sites excluding steroid dienone is 2. The fraction of sp³-hybridized carbons (Fsp3) is 0.0638. The number of hydrogen-bond acceptors (Lipinski definition) is 3. The molecule has 0 radical (unpaired) electrons. The topological polar surface area (TPSA) is 34.5 Å². The van der Waals surface area contributed by atoms with E-state index >= 15 is 0 Å². The second kappa shape index (κ2) is 10.5. The number of furan rings is 2. The van der Waals surface area contributed by atoms with Crippen LogP contribution in [-0.2, 0) is 6.42 Å². The number of benzene rings is 6. The van der Waals surface area contributed by atoms with Gasteiger partial charge in [-0.3, -0.25) is 0 Å². The third-order valence-electron chi connectivity index (χ3n) is 10.9. The Kier molecular flexibility index (Phi) is 5.83. The standard InChI is InChI=1S/C47H32N2O2/c1-28-22-38-33-13-5-8-17-45(33)51-47(38)27-48(2)40-20-18-30(23-35(28)40)31-19-21-42-36(24-31)37-25-39-34-14-6-7-16-44(34)50-46(39)26-43(37)49(42)41-15-9-11-29-10-3-4-12-32(29)41/h3-5,7-13,15-27H,1,6,14H2,2H3/b38-22-,47-27+. The van der Waals surface area contributed by atoms with Crippen LogP contribution in [-0.4, -0.2) is 11.6 Å². The summed E-state index contributed by atoms with van der Waals surface area (Å²) in [4.78, 5) is 2.14. The number of anilines is 1. The summed E-state index contributed by atoms with van der Waals surface area (Å²) >= 11 is 0. The van der Waals surface area contributed by atoms with Crippen molar-refractivity contribution in [3.8, 4) is 16.8 Å². The van der Waals surface area contributed by atoms with Gasteiger partial charge < -0.3 is 18.3 Å². The Morgan fingerprint density at radius 2 is 1.45 bits per heavy atom. The molecule has 0 N–H and O–H groups in total. The lowest BCUT2D eigenvalue weighted by molar-refractivity contribution is 0.574. The highest BCUT2D eigenvalue weighted by molar-refractivity contribution is 6.15. The van der Waals surface area contributed by atoms with Crippen molar-refractivity contribution in [2.45, 2.75) is 12.8 Å². The molecule has 2 aliphatic rings. The van der Waals surface area contributed by atoms with Gasteiger partial charge in [0.2, 0.25) is 0 Å². The highest BCUT2D eigenvalue weighted by Gasteiger charge is 2.21. The van der Waals surface area contributed by atoms with E-state index < -0.39 is 0 Å². The Labute approximate surface area is 293 Å². The molecule has 6 aromatic carbocycles. The van der Waals surface area contributed by atoms with Crippen molar-refractivity contribution in [1.29, 1.82) is 0 Å². The SMILES string of the molecule is C=C1/C=c2\c(oc3ccccc23)=C/N(C)c2ccc(-c3ccc4c(c3)c3cc5c6c(oc5cc3n4-c3cccc4ccccc34)C=CCC6)cc21. The molecule has 11 rings (SSSR count). The number of nitrogens with zero attached hydrogens (tertiary/aromatic N) is 2. The number of aryl methyl sites for hydroxylation is 1. The summed E-state index contributed by atoms with van der Waals surface area (Å²) in [6.07, 6.45) is 10.6. The molecule has 0 amide bonds. The Morgan fingerprint density at radius 3 is 2.39 bits per heavy atom. The molecular formula is C47H32N2O2. The van der Waals surface area contributed by atoms with Crippen LogP contribution in [0.1, 0.15) is 23.3 Å². The Bertz CT molecular complexity index is 3120. The molecule has 0 atom stereocenters. The van der Waals surface area contributed by atoms with Crippen LogP contribution in [0.4, 0.5) is 5.69 Å². The molecule has 9 aromatic rings. The van der Waals surface area contributed by atoms with Crippen molar-refractivity contribution < 1.29 is 8.83 Å². The summed E-state index contributed by atoms with van der Waals surface area (Å²) in [7, 11) is 2.08. The number of fused-ring (bicyclic) bond motifs is 11. The molecule has 1 aliphatic heterocycles. The Balaban J connectivity index is 1.14. The summed E-state index contributed by atoms with van der Waals surface area (Å²) in [6, 6.07) is 41.7. The molecule has 0 bridgehead atoms. The molecule has 51 heavy (non-hydrogen) atoms. The number of rotatable bonds is 2. The van der Waals surface area contributed by atoms with E-state index in [0.717, 1.165) is 84.9 Å². The first kappa shape index (κ1) is 28.3. The second-order valence-corrected chi connectivity index (χ2v) is 13.8. The summed E-state index contributed by atoms with van der Waals surface area (Å²) in [5, 5.41) is 8.24. The molecule has 0 saturated carbocycles. The van der Waals surface area contributed by atoms with Crippen LogP contribution in [0.2, 0.25) is 0 Å². The molecule has 4 heteroatoms. The molecule has 3 aromatic heterocycles. The minimum absolute atomic E-state index is 0.839. The van der Waals surface area contributed by atoms with E-state index in [1.165, 1.54) is 38.0 Å². The van der Waals surface area contributed by atoms with Gasteiger partial charge in [-0.05, 0) is 89.5 Å². The van der Waals surface area contributed by atoms with Gasteiger partial charge in [0.1, 0.15) is 16.9 Å². The Hall–Kier alpha value is -6.52. The minimum atomic E-state index is 0.839. The first-order chi connectivity index (χ1) is 25.1. The van der Waals surface area contributed by atoms with Crippen LogP contribution in [0, 0.1) is 0 Å². The normalized spacial score (nSPS) is 15.4. The van der Waals surface area contributed by atoms with Crippen molar-refractivity contribution in [1.82, 2.24) is 4.57 Å². The molecule has 0 fully saturated rings. The largest absolute Gasteiger partial charge is 0.456 e. The lowest BCUT2D eigenvalue weighted by Crippen LogP contribution is -2.27. The highest BCUT2D eigenvalue weighted by atomic mass is 16.3. The molecule has 0 unspecified atom stereocenters. The zero-order chi connectivity index (χ0) is 33.8. The Morgan fingerprint density at radius 1 is 0.647 bits per heavy atom. The monoisotopic (exact) mass is 656 g/mol. The van der Waals surface area contributed by atoms with Crippen molar-refractivity contribution in [2.24, 2.45) is 0 Å². The van der Waals surface area contributed by atoms with E-state index in [2.05, 4.69) is 151 Å². The molecule has 0 spiro atoms. The van der Waals surface area contributed by atoms with Gasteiger partial charge in [-0.2, -0.15) is 0 Å². The molecule has 1 aliphatic carbocycles. The summed E-state index contributed by atoms with van der Waals surface area (Å²) in [6.45, 7) is 4.57. The average Bonchev–Trinajstić information content (AvgIpc) is 3.81. The van der Waals surface area contributed by atoms with Crippen molar-refractivity contribution >= 4 is 84.1 Å². The van der Waals surface area contributed by atoms with Gasteiger partial charge in [-0.25, -0.2) is 0 Å². The van der Waals surface area contributed by atoms with Crippen LogP contribution in [0.25, 0.3) is 95.3 Å². The number of hydrogen-bond donors (Lipinski definition) is 0. The smallest absolute Gasteiger partial charge is 0.151 e. The first-order valence-electron chi connectivity index (χ1n) is 17.5. The fourth-order valence-corrected chi connectivity index (χ4v) is 8.44. The lowest BCUT2D eigenvalue weighted by atomic mass is 9.95. The summed E-state index contributed by atoms with van der Waals surface area (Å²) in [5.41, 5.74) is 12.9. The molecule has 4 heterocycles. The van der Waals surface area contributed by atoms with Crippen LogP contribution in [0.5, 0.6) is 0 Å². The van der Waals surface area contributed by atoms with Crippen molar-refractivity contribution in [3.63, 3.8) is 0 Å². The van der Waals surface area contributed by atoms with Gasteiger partial charge in [0.05, 0.1) is 16.7 Å². The van der Waals surface area contributed by atoms with Gasteiger partial charge in [-0.1, -0.05) is 79.4 Å². The zero-order valence-corrected chi connectivity index (χ0v) is 28.1. The fourth-order valence-electron chi connectivity index (χ4n) is 8.44. The van der Waals surface area contributed by atoms with Gasteiger partial charge in [0.25, 0.3) is 0 Å². The van der Waals surface area contributed by atoms with Crippen LogP contribution < -0.4 is 15.5 Å². The van der Waals surface area contributed by atoms with E-state index in [9.17, 15) is 0 Å². The minimum Gasteiger partial charge on any atom is -0.456 e. The molecule has 0 saturated heterocycles. The van der Waals surface area contributed by atoms with Crippen LogP contribution >= 0.6 is 0 Å². The first-order valence-corrected chi connectivity index (χ1v) is 17.5. The lowest BCUT2D eigenvalue weighted by Gasteiger charge is -2.21. The molecule has 242 valence electrons. The number of para-hydroxylation sites is 1. The summed E-state index contributed by atoms with van der Waals surface area (Å²) < 4.78 is 15.2. The molecular weight excluding hydrogens is 625 g/mol. The quantitative estimate of drug-likeness (QED) is 0.186. The average molecular weight is 657 g/mol. The number of aromatic nitrogens is 1. The van der Waals surface area contributed by atoms with Crippen molar-refractivity contribution in [3.05, 3.63) is 155 Å². The maximum Gasteiger partial charge on any atom is 0.151 e. The third kappa shape index (κ3) is 4.14. The predicted molar refractivity (Wildman–Crippen MR) is 213 cm³/mol. The van der Waals surface area contributed by atoms with Crippen LogP contribution in [0.15, 0.2) is 137 Å². The maximum atomic E-state index is 6.47. The highest BCUT2D eigenvalue weighted by Crippen LogP contribution is 2.42. The van der Waals surface area contributed by atoms with Gasteiger partial charge >= 0.3 is 0 Å². The second-order valence-electron chi connectivity index (χ2n) is 13.8. The van der Waals surface area contributed by atoms with Gasteiger partial charge in [0, 0.05) is 68.3 Å². The summed E-state index contributed by atoms with van der Waals surface area (Å²) in [5.74, 6) is 0.987. The maximum absolute atomic E-state index is 6.47. The van der Waals surface area contributed by atoms with Gasteiger partial charge in [-0.15, -0.1) is 0 Å². The molecule has 4 nitrogen and oxygen atoms in total. The van der Waals surface area contributed by atoms with E-state index in [4.69, 9.17) is 8.83 Å². The van der Waals surface area contributed by atoms with E-state index in [1.807, 2.05) is 12.1 Å². The van der Waals surface area contributed by atoms with Crippen LogP contribution in [0.3, 0.4) is 0 Å². The van der Waals surface area contributed by atoms with E-state index in [1.54, 1.807) is 0 Å². The van der Waals surface area contributed by atoms with Crippen molar-refractivity contribution in [2.75, 3.05) is 11.9 Å². The van der Waals surface area contributed by atoms with E-state index in [0.29, 0.717) is 0 Å².